The van der Waals surface area contributed by atoms with Crippen molar-refractivity contribution in [1.82, 2.24) is 0 Å². The number of rotatable bonds is 5. The Morgan fingerprint density at radius 3 is 2.30 bits per heavy atom. The molecule has 0 saturated carbocycles. The smallest absolute Gasteiger partial charge is 0.338 e. The molecule has 0 fully saturated rings. The van der Waals surface area contributed by atoms with Crippen LogP contribution in [0.4, 0.5) is 0 Å². The summed E-state index contributed by atoms with van der Waals surface area (Å²) >= 11 is 0. The van der Waals surface area contributed by atoms with Gasteiger partial charge in [0.2, 0.25) is 0 Å². The van der Waals surface area contributed by atoms with Gasteiger partial charge >= 0.3 is 5.97 Å². The molecule has 0 aliphatic heterocycles. The van der Waals surface area contributed by atoms with Crippen molar-refractivity contribution >= 4 is 18.3 Å². The van der Waals surface area contributed by atoms with E-state index in [4.69, 9.17) is 4.74 Å². The first kappa shape index (κ1) is 13.7. The van der Waals surface area contributed by atoms with Gasteiger partial charge in [0.05, 0.1) is 5.56 Å². The van der Waals surface area contributed by atoms with E-state index in [1.807, 2.05) is 36.4 Å². The Labute approximate surface area is 117 Å². The molecule has 0 spiro atoms. The Hall–Kier alpha value is -2.68. The molecule has 2 rings (SSSR count). The zero-order chi connectivity index (χ0) is 14.2. The fourth-order valence-corrected chi connectivity index (χ4v) is 1.65. The maximum absolute atomic E-state index is 11.7. The minimum Gasteiger partial charge on any atom is -0.458 e. The van der Waals surface area contributed by atoms with Crippen molar-refractivity contribution in [3.8, 4) is 0 Å². The molecule has 0 aromatic heterocycles. The summed E-state index contributed by atoms with van der Waals surface area (Å²) in [6, 6.07) is 16.1. The minimum absolute atomic E-state index is 0.211. The molecule has 0 atom stereocenters. The van der Waals surface area contributed by atoms with E-state index in [1.54, 1.807) is 30.3 Å². The molecule has 0 aliphatic carbocycles. The molecule has 0 saturated heterocycles. The summed E-state index contributed by atoms with van der Waals surface area (Å²) in [5, 5.41) is 0. The Kier molecular flexibility index (Phi) is 4.84. The van der Waals surface area contributed by atoms with E-state index in [9.17, 15) is 9.59 Å². The first-order valence-corrected chi connectivity index (χ1v) is 6.23. The predicted molar refractivity (Wildman–Crippen MR) is 77.6 cm³/mol. The van der Waals surface area contributed by atoms with Crippen LogP contribution in [-0.4, -0.2) is 18.9 Å². The van der Waals surface area contributed by atoms with Crippen molar-refractivity contribution in [2.24, 2.45) is 0 Å². The predicted octanol–water partition coefficient (Wildman–Crippen LogP) is 3.37. The summed E-state index contributed by atoms with van der Waals surface area (Å²) < 4.78 is 5.11. The second-order valence-corrected chi connectivity index (χ2v) is 4.15. The molecule has 0 N–H and O–H groups in total. The molecule has 2 aromatic carbocycles. The fraction of sp³-hybridized carbons (Fsp3) is 0.0588. The highest BCUT2D eigenvalue weighted by Crippen LogP contribution is 2.05. The number of esters is 1. The second-order valence-electron chi connectivity index (χ2n) is 4.15. The van der Waals surface area contributed by atoms with Crippen LogP contribution in [0, 0.1) is 0 Å². The van der Waals surface area contributed by atoms with Crippen molar-refractivity contribution < 1.29 is 14.3 Å². The van der Waals surface area contributed by atoms with Crippen molar-refractivity contribution in [2.75, 3.05) is 6.61 Å². The van der Waals surface area contributed by atoms with Gasteiger partial charge in [0.25, 0.3) is 0 Å². The number of carbonyl (C=O) groups is 2. The van der Waals surface area contributed by atoms with Crippen LogP contribution in [0.25, 0.3) is 6.08 Å². The maximum Gasteiger partial charge on any atom is 0.338 e. The molecule has 2 aromatic rings. The van der Waals surface area contributed by atoms with E-state index < -0.39 is 5.97 Å². The topological polar surface area (TPSA) is 43.4 Å². The van der Waals surface area contributed by atoms with Crippen LogP contribution < -0.4 is 0 Å². The van der Waals surface area contributed by atoms with Crippen LogP contribution in [-0.2, 0) is 4.74 Å². The summed E-state index contributed by atoms with van der Waals surface area (Å²) in [7, 11) is 0. The first-order valence-electron chi connectivity index (χ1n) is 6.23. The van der Waals surface area contributed by atoms with Crippen molar-refractivity contribution in [3.63, 3.8) is 0 Å². The molecule has 0 amide bonds. The van der Waals surface area contributed by atoms with Gasteiger partial charge in [-0.25, -0.2) is 4.79 Å². The van der Waals surface area contributed by atoms with Crippen LogP contribution in [0.5, 0.6) is 0 Å². The summed E-state index contributed by atoms with van der Waals surface area (Å²) in [6.45, 7) is 0.211. The molecule has 0 heterocycles. The average molecular weight is 266 g/mol. The van der Waals surface area contributed by atoms with Gasteiger partial charge in [0.1, 0.15) is 12.9 Å². The third kappa shape index (κ3) is 3.92. The van der Waals surface area contributed by atoms with Crippen molar-refractivity contribution in [2.45, 2.75) is 0 Å². The number of benzene rings is 2. The fourth-order valence-electron chi connectivity index (χ4n) is 1.65. The zero-order valence-corrected chi connectivity index (χ0v) is 10.9. The van der Waals surface area contributed by atoms with E-state index in [1.165, 1.54) is 0 Å². The lowest BCUT2D eigenvalue weighted by Crippen LogP contribution is -2.05. The molecule has 100 valence electrons. The van der Waals surface area contributed by atoms with Gasteiger partial charge < -0.3 is 4.74 Å². The molecule has 20 heavy (non-hydrogen) atoms. The molecular formula is C17H14O3. The molecule has 3 nitrogen and oxygen atoms in total. The van der Waals surface area contributed by atoms with E-state index in [0.717, 1.165) is 11.8 Å². The summed E-state index contributed by atoms with van der Waals surface area (Å²) in [6.07, 6.45) is 4.41. The van der Waals surface area contributed by atoms with E-state index in [-0.39, 0.29) is 6.61 Å². The van der Waals surface area contributed by atoms with Gasteiger partial charge in [-0.3, -0.25) is 4.79 Å². The SMILES string of the molecule is O=Cc1ccc(C(=O)OC/C=C/c2ccccc2)cc1. The Morgan fingerprint density at radius 2 is 1.65 bits per heavy atom. The van der Waals surface area contributed by atoms with Gasteiger partial charge in [-0.1, -0.05) is 48.5 Å². The first-order chi connectivity index (χ1) is 9.79. The molecule has 0 aliphatic rings. The Bertz CT molecular complexity index is 598. The molecular weight excluding hydrogens is 252 g/mol. The van der Waals surface area contributed by atoms with Crippen LogP contribution in [0.3, 0.4) is 0 Å². The summed E-state index contributed by atoms with van der Waals surface area (Å²) in [4.78, 5) is 22.2. The van der Waals surface area contributed by atoms with Crippen molar-refractivity contribution in [3.05, 3.63) is 77.4 Å². The zero-order valence-electron chi connectivity index (χ0n) is 10.9. The van der Waals surface area contributed by atoms with Gasteiger partial charge in [-0.05, 0) is 23.8 Å². The van der Waals surface area contributed by atoms with E-state index >= 15 is 0 Å². The average Bonchev–Trinajstić information content (AvgIpc) is 2.52. The van der Waals surface area contributed by atoms with Gasteiger partial charge in [-0.15, -0.1) is 0 Å². The van der Waals surface area contributed by atoms with Crippen LogP contribution >= 0.6 is 0 Å². The second kappa shape index (κ2) is 7.04. The third-order valence-corrected chi connectivity index (χ3v) is 2.70. The molecule has 0 unspecified atom stereocenters. The van der Waals surface area contributed by atoms with Crippen LogP contribution in [0.15, 0.2) is 60.7 Å². The lowest BCUT2D eigenvalue weighted by molar-refractivity contribution is 0.0550. The minimum atomic E-state index is -0.403. The van der Waals surface area contributed by atoms with Crippen LogP contribution in [0.1, 0.15) is 26.3 Å². The number of carbonyl (C=O) groups excluding carboxylic acids is 2. The normalized spacial score (nSPS) is 10.4. The van der Waals surface area contributed by atoms with Gasteiger partial charge in [0, 0.05) is 5.56 Å². The highest BCUT2D eigenvalue weighted by molar-refractivity contribution is 5.90. The third-order valence-electron chi connectivity index (χ3n) is 2.70. The summed E-state index contributed by atoms with van der Waals surface area (Å²) in [5.41, 5.74) is 2.02. The lowest BCUT2D eigenvalue weighted by Gasteiger charge is -2.01. The molecule has 0 radical (unpaired) electrons. The summed E-state index contributed by atoms with van der Waals surface area (Å²) in [5.74, 6) is -0.403. The van der Waals surface area contributed by atoms with Gasteiger partial charge in [-0.2, -0.15) is 0 Å². The Balaban J connectivity index is 1.85. The molecule has 3 heteroatoms. The van der Waals surface area contributed by atoms with Gasteiger partial charge in [0.15, 0.2) is 0 Å². The molecule has 0 bridgehead atoms. The monoisotopic (exact) mass is 266 g/mol. The number of hydrogen-bond acceptors (Lipinski definition) is 3. The van der Waals surface area contributed by atoms with Crippen LogP contribution in [0.2, 0.25) is 0 Å². The maximum atomic E-state index is 11.7. The highest BCUT2D eigenvalue weighted by atomic mass is 16.5. The highest BCUT2D eigenvalue weighted by Gasteiger charge is 2.05. The Morgan fingerprint density at radius 1 is 0.950 bits per heavy atom. The number of hydrogen-bond donors (Lipinski definition) is 0. The van der Waals surface area contributed by atoms with E-state index in [2.05, 4.69) is 0 Å². The van der Waals surface area contributed by atoms with Crippen molar-refractivity contribution in [1.29, 1.82) is 0 Å². The number of aldehydes is 1. The lowest BCUT2D eigenvalue weighted by atomic mass is 10.1. The quantitative estimate of drug-likeness (QED) is 0.615. The largest absolute Gasteiger partial charge is 0.458 e. The standard InChI is InChI=1S/C17H14O3/c18-13-15-8-10-16(11-9-15)17(19)20-12-4-7-14-5-2-1-3-6-14/h1-11,13H,12H2/b7-4+. The number of ether oxygens (including phenoxy) is 1. The van der Waals surface area contributed by atoms with E-state index in [0.29, 0.717) is 11.1 Å².